The molecule has 2 heterocycles. The molecule has 1 atom stereocenters. The topological polar surface area (TPSA) is 67.0 Å². The van der Waals surface area contributed by atoms with Gasteiger partial charge in [0.2, 0.25) is 0 Å². The predicted octanol–water partition coefficient (Wildman–Crippen LogP) is 1.86. The number of nitrogens with one attached hydrogen (secondary N) is 2. The molecule has 5 heteroatoms. The van der Waals surface area contributed by atoms with Gasteiger partial charge in [-0.05, 0) is 37.5 Å². The molecule has 1 unspecified atom stereocenters. The average molecular weight is 259 g/mol. The Bertz CT molecular complexity index is 573. The van der Waals surface area contributed by atoms with E-state index in [1.54, 1.807) is 12.4 Å². The van der Waals surface area contributed by atoms with E-state index in [2.05, 4.69) is 15.3 Å². The number of imidazole rings is 1. The van der Waals surface area contributed by atoms with Gasteiger partial charge in [-0.1, -0.05) is 0 Å². The highest BCUT2D eigenvalue weighted by Gasteiger charge is 2.15. The lowest BCUT2D eigenvalue weighted by Crippen LogP contribution is -2.26. The van der Waals surface area contributed by atoms with Gasteiger partial charge in [0.15, 0.2) is 0 Å². The number of rotatable bonds is 4. The second kappa shape index (κ2) is 5.40. The number of ether oxygens (including phenoxy) is 1. The van der Waals surface area contributed by atoms with Crippen molar-refractivity contribution < 1.29 is 9.53 Å². The summed E-state index contributed by atoms with van der Waals surface area (Å²) in [6.45, 7) is 1.51. The Balaban J connectivity index is 1.56. The maximum atomic E-state index is 12.0. The summed E-state index contributed by atoms with van der Waals surface area (Å²) in [4.78, 5) is 19.1. The van der Waals surface area contributed by atoms with E-state index in [0.29, 0.717) is 18.2 Å². The molecule has 0 radical (unpaired) electrons. The molecule has 1 aromatic carbocycles. The highest BCUT2D eigenvalue weighted by Crippen LogP contribution is 2.15. The fourth-order valence-electron chi connectivity index (χ4n) is 2.40. The van der Waals surface area contributed by atoms with Crippen molar-refractivity contribution in [3.63, 3.8) is 0 Å². The quantitative estimate of drug-likeness (QED) is 0.880. The van der Waals surface area contributed by atoms with E-state index in [1.807, 2.05) is 12.1 Å². The summed E-state index contributed by atoms with van der Waals surface area (Å²) in [5, 5.41) is 2.93. The van der Waals surface area contributed by atoms with Crippen LogP contribution in [0.2, 0.25) is 0 Å². The van der Waals surface area contributed by atoms with Crippen molar-refractivity contribution in [1.29, 1.82) is 0 Å². The van der Waals surface area contributed by atoms with Crippen LogP contribution in [0.15, 0.2) is 24.5 Å². The summed E-state index contributed by atoms with van der Waals surface area (Å²) in [5.41, 5.74) is 2.41. The minimum atomic E-state index is -0.0468. The first-order valence-electron chi connectivity index (χ1n) is 6.66. The molecule has 1 amide bonds. The number of hydrogen-bond donors (Lipinski definition) is 2. The predicted molar refractivity (Wildman–Crippen MR) is 72.0 cm³/mol. The number of fused-ring (bicyclic) bond motifs is 1. The van der Waals surface area contributed by atoms with E-state index < -0.39 is 0 Å². The molecule has 2 aromatic rings. The first-order chi connectivity index (χ1) is 9.33. The minimum absolute atomic E-state index is 0.0468. The molecule has 0 spiro atoms. The van der Waals surface area contributed by atoms with Gasteiger partial charge in [0.25, 0.3) is 5.91 Å². The van der Waals surface area contributed by atoms with E-state index in [1.165, 1.54) is 0 Å². The van der Waals surface area contributed by atoms with Crippen LogP contribution in [0.5, 0.6) is 0 Å². The molecule has 0 saturated carbocycles. The van der Waals surface area contributed by atoms with Crippen LogP contribution in [0, 0.1) is 0 Å². The molecule has 19 heavy (non-hydrogen) atoms. The summed E-state index contributed by atoms with van der Waals surface area (Å²) in [5.74, 6) is -0.0468. The smallest absolute Gasteiger partial charge is 0.251 e. The van der Waals surface area contributed by atoms with Crippen molar-refractivity contribution >= 4 is 16.9 Å². The van der Waals surface area contributed by atoms with Crippen molar-refractivity contribution in [3.8, 4) is 0 Å². The van der Waals surface area contributed by atoms with Crippen LogP contribution in [0.4, 0.5) is 0 Å². The molecule has 0 bridgehead atoms. The Kier molecular flexibility index (Phi) is 3.46. The van der Waals surface area contributed by atoms with Crippen molar-refractivity contribution in [2.45, 2.75) is 25.4 Å². The van der Waals surface area contributed by atoms with Gasteiger partial charge in [0.1, 0.15) is 0 Å². The third-order valence-corrected chi connectivity index (χ3v) is 3.46. The lowest BCUT2D eigenvalue weighted by molar-refractivity contribution is 0.0907. The minimum Gasteiger partial charge on any atom is -0.378 e. The van der Waals surface area contributed by atoms with Crippen LogP contribution in [0.3, 0.4) is 0 Å². The standard InChI is InChI=1S/C14H17N3O2/c18-14(15-6-5-11-2-1-7-19-11)10-3-4-12-13(8-10)17-9-16-12/h3-4,8-9,11H,1-2,5-7H2,(H,15,18)(H,16,17). The summed E-state index contributed by atoms with van der Waals surface area (Å²) in [6.07, 6.45) is 5.07. The third kappa shape index (κ3) is 2.76. The first kappa shape index (κ1) is 12.2. The maximum absolute atomic E-state index is 12.0. The van der Waals surface area contributed by atoms with Gasteiger partial charge in [0.05, 0.1) is 23.5 Å². The van der Waals surface area contributed by atoms with Gasteiger partial charge in [-0.3, -0.25) is 4.79 Å². The molecule has 0 aliphatic carbocycles. The summed E-state index contributed by atoms with van der Waals surface area (Å²) in [7, 11) is 0. The monoisotopic (exact) mass is 259 g/mol. The molecule has 5 nitrogen and oxygen atoms in total. The van der Waals surface area contributed by atoms with Gasteiger partial charge >= 0.3 is 0 Å². The number of nitrogens with zero attached hydrogens (tertiary/aromatic N) is 1. The molecule has 1 fully saturated rings. The Morgan fingerprint density at radius 1 is 1.53 bits per heavy atom. The number of benzene rings is 1. The van der Waals surface area contributed by atoms with Gasteiger partial charge in [-0.25, -0.2) is 4.98 Å². The Hall–Kier alpha value is -1.88. The van der Waals surface area contributed by atoms with E-state index in [-0.39, 0.29) is 5.91 Å². The Labute approximate surface area is 111 Å². The van der Waals surface area contributed by atoms with Crippen molar-refractivity contribution in [1.82, 2.24) is 15.3 Å². The number of amides is 1. The van der Waals surface area contributed by atoms with Crippen LogP contribution < -0.4 is 5.32 Å². The number of carbonyl (C=O) groups excluding carboxylic acids is 1. The molecule has 1 saturated heterocycles. The normalized spacial score (nSPS) is 18.8. The van der Waals surface area contributed by atoms with E-state index in [4.69, 9.17) is 4.74 Å². The van der Waals surface area contributed by atoms with Crippen LogP contribution >= 0.6 is 0 Å². The second-order valence-electron chi connectivity index (χ2n) is 4.81. The largest absolute Gasteiger partial charge is 0.378 e. The molecule has 1 aliphatic heterocycles. The third-order valence-electron chi connectivity index (χ3n) is 3.46. The molecule has 1 aromatic heterocycles. The maximum Gasteiger partial charge on any atom is 0.251 e. The van der Waals surface area contributed by atoms with Gasteiger partial charge < -0.3 is 15.0 Å². The number of carbonyl (C=O) groups is 1. The Morgan fingerprint density at radius 2 is 2.47 bits per heavy atom. The van der Waals surface area contributed by atoms with Crippen molar-refractivity contribution in [2.75, 3.05) is 13.2 Å². The molecule has 2 N–H and O–H groups in total. The van der Waals surface area contributed by atoms with E-state index in [0.717, 1.165) is 36.9 Å². The van der Waals surface area contributed by atoms with Crippen LogP contribution in [-0.4, -0.2) is 35.1 Å². The first-order valence-corrected chi connectivity index (χ1v) is 6.66. The number of aromatic amines is 1. The Morgan fingerprint density at radius 3 is 3.32 bits per heavy atom. The van der Waals surface area contributed by atoms with Crippen LogP contribution in [0.25, 0.3) is 11.0 Å². The zero-order valence-electron chi connectivity index (χ0n) is 10.7. The summed E-state index contributed by atoms with van der Waals surface area (Å²) < 4.78 is 5.52. The molecular formula is C14H17N3O2. The number of H-pyrrole nitrogens is 1. The lowest BCUT2D eigenvalue weighted by atomic mass is 10.1. The zero-order valence-corrected chi connectivity index (χ0v) is 10.7. The fourth-order valence-corrected chi connectivity index (χ4v) is 2.40. The summed E-state index contributed by atoms with van der Waals surface area (Å²) in [6, 6.07) is 5.47. The number of hydrogen-bond acceptors (Lipinski definition) is 3. The SMILES string of the molecule is O=C(NCCC1CCCO1)c1ccc2nc[nH]c2c1. The van der Waals surface area contributed by atoms with Gasteiger partial charge in [-0.2, -0.15) is 0 Å². The molecule has 3 rings (SSSR count). The number of aromatic nitrogens is 2. The molecule has 1 aliphatic rings. The average Bonchev–Trinajstić information content (AvgIpc) is 3.08. The summed E-state index contributed by atoms with van der Waals surface area (Å²) >= 11 is 0. The van der Waals surface area contributed by atoms with Crippen molar-refractivity contribution in [2.24, 2.45) is 0 Å². The highest BCUT2D eigenvalue weighted by atomic mass is 16.5. The van der Waals surface area contributed by atoms with Crippen LogP contribution in [0.1, 0.15) is 29.6 Å². The second-order valence-corrected chi connectivity index (χ2v) is 4.81. The highest BCUT2D eigenvalue weighted by molar-refractivity contribution is 5.97. The van der Waals surface area contributed by atoms with Gasteiger partial charge in [-0.15, -0.1) is 0 Å². The van der Waals surface area contributed by atoms with Gasteiger partial charge in [0, 0.05) is 18.7 Å². The molecule has 100 valence electrons. The zero-order chi connectivity index (χ0) is 13.1. The van der Waals surface area contributed by atoms with Crippen LogP contribution in [-0.2, 0) is 4.74 Å². The van der Waals surface area contributed by atoms with E-state index in [9.17, 15) is 4.79 Å². The van der Waals surface area contributed by atoms with Crippen molar-refractivity contribution in [3.05, 3.63) is 30.1 Å². The lowest BCUT2D eigenvalue weighted by Gasteiger charge is -2.10. The fraction of sp³-hybridized carbons (Fsp3) is 0.429. The van der Waals surface area contributed by atoms with E-state index >= 15 is 0 Å². The molecular weight excluding hydrogens is 242 g/mol.